The monoisotopic (exact) mass is 332 g/mol. The van der Waals surface area contributed by atoms with Gasteiger partial charge in [0.2, 0.25) is 0 Å². The van der Waals surface area contributed by atoms with Crippen LogP contribution in [0.25, 0.3) is 5.57 Å². The number of aromatic nitrogens is 1. The summed E-state index contributed by atoms with van der Waals surface area (Å²) in [5, 5.41) is 2.65. The molecule has 0 aliphatic carbocycles. The van der Waals surface area contributed by atoms with Crippen LogP contribution in [-0.2, 0) is 6.54 Å². The number of halogens is 1. The van der Waals surface area contributed by atoms with Crippen molar-refractivity contribution in [1.82, 2.24) is 10.3 Å². The van der Waals surface area contributed by atoms with Crippen LogP contribution in [0.3, 0.4) is 0 Å². The minimum absolute atomic E-state index is 0.0156. The van der Waals surface area contributed by atoms with Crippen molar-refractivity contribution in [1.29, 1.82) is 0 Å². The fourth-order valence-corrected chi connectivity index (χ4v) is 3.21. The van der Waals surface area contributed by atoms with Gasteiger partial charge in [-0.3, -0.25) is 9.79 Å². The van der Waals surface area contributed by atoms with Gasteiger partial charge in [-0.1, -0.05) is 0 Å². The summed E-state index contributed by atoms with van der Waals surface area (Å²) in [5.74, 6) is -0.595. The maximum atomic E-state index is 15.0. The van der Waals surface area contributed by atoms with E-state index < -0.39 is 5.82 Å². The third-order valence-corrected chi connectivity index (χ3v) is 4.35. The number of carbonyl (C=O) groups excluding carboxylic acids is 1. The van der Waals surface area contributed by atoms with Gasteiger partial charge in [0.15, 0.2) is 11.6 Å². The molecule has 0 radical (unpaired) electrons. The number of nitrogens with two attached hydrogens (primary N) is 2. The molecule has 1 aromatic rings. The van der Waals surface area contributed by atoms with E-state index in [-0.39, 0.29) is 29.9 Å². The molecule has 0 saturated carbocycles. The zero-order chi connectivity index (χ0) is 17.3. The van der Waals surface area contributed by atoms with Crippen molar-refractivity contribution < 1.29 is 9.18 Å². The maximum Gasteiger partial charge on any atom is 0.254 e. The highest BCUT2D eigenvalue weighted by Crippen LogP contribution is 2.32. The number of fused-ring (bicyclic) bond motifs is 1. The Bertz CT molecular complexity index is 730. The van der Waals surface area contributed by atoms with E-state index in [9.17, 15) is 9.18 Å². The number of nitrogens with one attached hydrogen (secondary N) is 1. The molecular formula is C16H21FN6O. The minimum Gasteiger partial charge on any atom is -0.404 e. The molecule has 2 aliphatic rings. The van der Waals surface area contributed by atoms with Crippen LogP contribution in [0, 0.1) is 5.82 Å². The number of nitrogens with zero attached hydrogens (tertiary/aromatic N) is 3. The quantitative estimate of drug-likeness (QED) is 0.694. The highest BCUT2D eigenvalue weighted by molar-refractivity contribution is 6.14. The molecule has 1 saturated heterocycles. The molecule has 8 heteroatoms. The van der Waals surface area contributed by atoms with Gasteiger partial charge in [-0.25, -0.2) is 9.37 Å². The van der Waals surface area contributed by atoms with Crippen LogP contribution < -0.4 is 21.7 Å². The summed E-state index contributed by atoms with van der Waals surface area (Å²) in [6.07, 6.45) is 4.62. The number of rotatable bonds is 3. The van der Waals surface area contributed by atoms with Crippen molar-refractivity contribution in [2.75, 3.05) is 25.0 Å². The summed E-state index contributed by atoms with van der Waals surface area (Å²) in [4.78, 5) is 22.4. The van der Waals surface area contributed by atoms with Crippen molar-refractivity contribution >= 4 is 23.5 Å². The summed E-state index contributed by atoms with van der Waals surface area (Å²) in [6.45, 7) is 1.36. The first kappa shape index (κ1) is 16.4. The Balaban J connectivity index is 2.16. The predicted molar refractivity (Wildman–Crippen MR) is 91.4 cm³/mol. The van der Waals surface area contributed by atoms with Gasteiger partial charge in [0, 0.05) is 56.3 Å². The number of amides is 1. The van der Waals surface area contributed by atoms with Gasteiger partial charge in [0.1, 0.15) is 0 Å². The van der Waals surface area contributed by atoms with Gasteiger partial charge in [0.25, 0.3) is 5.91 Å². The summed E-state index contributed by atoms with van der Waals surface area (Å²) >= 11 is 0. The molecule has 1 aromatic heterocycles. The Morgan fingerprint density at radius 1 is 1.54 bits per heavy atom. The molecule has 0 spiro atoms. The lowest BCUT2D eigenvalue weighted by Gasteiger charge is -2.32. The SMILES string of the molecule is CN=C/C(=C\N)c1nc(N2CCC[C@H](N)C2)c(F)c2c1C(=O)NC2. The van der Waals surface area contributed by atoms with Gasteiger partial charge in [-0.05, 0) is 12.8 Å². The number of hydrogen-bond acceptors (Lipinski definition) is 6. The number of anilines is 1. The van der Waals surface area contributed by atoms with Crippen molar-refractivity contribution in [3.05, 3.63) is 28.8 Å². The van der Waals surface area contributed by atoms with E-state index in [4.69, 9.17) is 11.5 Å². The molecule has 5 N–H and O–H groups in total. The molecule has 1 fully saturated rings. The smallest absolute Gasteiger partial charge is 0.254 e. The summed E-state index contributed by atoms with van der Waals surface area (Å²) in [6, 6.07) is -0.0156. The second kappa shape index (κ2) is 6.56. The second-order valence-electron chi connectivity index (χ2n) is 5.99. The number of carbonyl (C=O) groups is 1. The Kier molecular flexibility index (Phi) is 4.48. The molecule has 128 valence electrons. The number of piperidine rings is 1. The van der Waals surface area contributed by atoms with Crippen LogP contribution in [-0.4, -0.2) is 43.3 Å². The van der Waals surface area contributed by atoms with E-state index in [2.05, 4.69) is 15.3 Å². The van der Waals surface area contributed by atoms with E-state index in [1.807, 2.05) is 4.90 Å². The normalized spacial score (nSPS) is 21.3. The Hall–Kier alpha value is -2.48. The average Bonchev–Trinajstić information content (AvgIpc) is 2.96. The van der Waals surface area contributed by atoms with Gasteiger partial charge in [-0.15, -0.1) is 0 Å². The lowest BCUT2D eigenvalue weighted by Crippen LogP contribution is -2.43. The molecular weight excluding hydrogens is 311 g/mol. The summed E-state index contributed by atoms with van der Waals surface area (Å²) < 4.78 is 15.0. The average molecular weight is 332 g/mol. The first-order valence-corrected chi connectivity index (χ1v) is 7.92. The van der Waals surface area contributed by atoms with E-state index >= 15 is 0 Å². The molecule has 2 aliphatic heterocycles. The molecule has 3 rings (SSSR count). The summed E-state index contributed by atoms with van der Waals surface area (Å²) in [7, 11) is 1.60. The third kappa shape index (κ3) is 2.73. The van der Waals surface area contributed by atoms with Crippen LogP contribution >= 0.6 is 0 Å². The molecule has 1 atom stereocenters. The van der Waals surface area contributed by atoms with E-state index in [0.29, 0.717) is 29.9 Å². The molecule has 0 aromatic carbocycles. The zero-order valence-electron chi connectivity index (χ0n) is 13.6. The van der Waals surface area contributed by atoms with Crippen molar-refractivity contribution in [3.8, 4) is 0 Å². The van der Waals surface area contributed by atoms with Crippen LogP contribution in [0.1, 0.15) is 34.5 Å². The van der Waals surface area contributed by atoms with Gasteiger partial charge < -0.3 is 21.7 Å². The predicted octanol–water partition coefficient (Wildman–Crippen LogP) is 0.392. The highest BCUT2D eigenvalue weighted by atomic mass is 19.1. The first-order chi connectivity index (χ1) is 11.6. The molecule has 0 bridgehead atoms. The lowest BCUT2D eigenvalue weighted by molar-refractivity contribution is 0.0965. The molecule has 24 heavy (non-hydrogen) atoms. The zero-order valence-corrected chi connectivity index (χ0v) is 13.6. The molecule has 1 amide bonds. The largest absolute Gasteiger partial charge is 0.404 e. The Labute approximate surface area is 139 Å². The van der Waals surface area contributed by atoms with Crippen LogP contribution in [0.2, 0.25) is 0 Å². The number of aliphatic imine (C=N–C) groups is 1. The maximum absolute atomic E-state index is 15.0. The minimum atomic E-state index is -0.467. The van der Waals surface area contributed by atoms with Crippen molar-refractivity contribution in [2.45, 2.75) is 25.4 Å². The number of allylic oxidation sites excluding steroid dienone is 1. The van der Waals surface area contributed by atoms with Crippen LogP contribution in [0.15, 0.2) is 11.2 Å². The number of pyridine rings is 1. The highest BCUT2D eigenvalue weighted by Gasteiger charge is 2.32. The topological polar surface area (TPSA) is 110 Å². The molecule has 3 heterocycles. The standard InChI is InChI=1S/C16H21FN6O/c1-20-6-9(5-18)14-12-11(7-21-16(12)24)13(17)15(22-14)23-4-2-3-10(19)8-23/h5-6,10H,2-4,7-8,18-19H2,1H3,(H,21,24)/b9-5+,20-6?/t10-/m0/s1. The second-order valence-corrected chi connectivity index (χ2v) is 5.99. The third-order valence-electron chi connectivity index (χ3n) is 4.35. The lowest BCUT2D eigenvalue weighted by atomic mass is 10.0. The Morgan fingerprint density at radius 3 is 3.00 bits per heavy atom. The van der Waals surface area contributed by atoms with E-state index in [0.717, 1.165) is 12.8 Å². The molecule has 0 unspecified atom stereocenters. The molecule has 7 nitrogen and oxygen atoms in total. The summed E-state index contributed by atoms with van der Waals surface area (Å²) in [5.41, 5.74) is 13.1. The van der Waals surface area contributed by atoms with Gasteiger partial charge in [-0.2, -0.15) is 0 Å². The fourth-order valence-electron chi connectivity index (χ4n) is 3.21. The van der Waals surface area contributed by atoms with Gasteiger partial charge >= 0.3 is 0 Å². The van der Waals surface area contributed by atoms with Crippen molar-refractivity contribution in [3.63, 3.8) is 0 Å². The Morgan fingerprint density at radius 2 is 2.33 bits per heavy atom. The van der Waals surface area contributed by atoms with E-state index in [1.165, 1.54) is 12.4 Å². The van der Waals surface area contributed by atoms with Crippen molar-refractivity contribution in [2.24, 2.45) is 16.5 Å². The number of hydrogen-bond donors (Lipinski definition) is 3. The van der Waals surface area contributed by atoms with Gasteiger partial charge in [0.05, 0.1) is 11.3 Å². The first-order valence-electron chi connectivity index (χ1n) is 7.92. The van der Waals surface area contributed by atoms with E-state index in [1.54, 1.807) is 7.05 Å². The van der Waals surface area contributed by atoms with Crippen LogP contribution in [0.5, 0.6) is 0 Å². The fraction of sp³-hybridized carbons (Fsp3) is 0.438. The van der Waals surface area contributed by atoms with Crippen LogP contribution in [0.4, 0.5) is 10.2 Å².